The highest BCUT2D eigenvalue weighted by molar-refractivity contribution is 5.61. The number of alkyl halides is 1. The van der Waals surface area contributed by atoms with Crippen LogP contribution in [0.15, 0.2) is 18.2 Å². The first-order chi connectivity index (χ1) is 9.12. The van der Waals surface area contributed by atoms with Gasteiger partial charge in [-0.2, -0.15) is 0 Å². The molecule has 0 saturated carbocycles. The largest absolute Gasteiger partial charge is 0.497 e. The van der Waals surface area contributed by atoms with Crippen molar-refractivity contribution >= 4 is 5.69 Å². The maximum absolute atomic E-state index is 15.3. The maximum atomic E-state index is 15.3. The Bertz CT molecular complexity index is 479. The van der Waals surface area contributed by atoms with Crippen LogP contribution in [0, 0.1) is 0 Å². The Morgan fingerprint density at radius 1 is 1.53 bits per heavy atom. The number of rotatable bonds is 3. The van der Waals surface area contributed by atoms with Crippen LogP contribution >= 0.6 is 0 Å². The Morgan fingerprint density at radius 3 is 3.05 bits per heavy atom. The van der Waals surface area contributed by atoms with E-state index >= 15 is 4.39 Å². The monoisotopic (exact) mass is 264 g/mol. The van der Waals surface area contributed by atoms with Gasteiger partial charge in [0.15, 0.2) is 5.67 Å². The number of nitrogens with zero attached hydrogens (tertiary/aromatic N) is 1. The number of anilines is 1. The molecule has 1 aromatic carbocycles. The SMILES string of the molecule is COc1ccc2c(c1)[C@](F)(C[C@@H]1CCCN1C)CN2. The van der Waals surface area contributed by atoms with E-state index in [1.807, 2.05) is 18.2 Å². The molecule has 2 heterocycles. The summed E-state index contributed by atoms with van der Waals surface area (Å²) in [6.07, 6.45) is 2.84. The molecule has 1 saturated heterocycles. The highest BCUT2D eigenvalue weighted by atomic mass is 19.1. The summed E-state index contributed by atoms with van der Waals surface area (Å²) < 4.78 is 20.5. The number of benzene rings is 1. The lowest BCUT2D eigenvalue weighted by Crippen LogP contribution is -2.34. The standard InChI is InChI=1S/C15H21FN2O/c1-18-7-3-4-11(18)9-15(16)10-17-14-6-5-12(19-2)8-13(14)15/h5-6,8,11,17H,3-4,7,9-10H2,1-2H3/t11-,15-/m0/s1. The molecule has 1 N–H and O–H groups in total. The Morgan fingerprint density at radius 2 is 2.37 bits per heavy atom. The first-order valence-electron chi connectivity index (χ1n) is 6.94. The van der Waals surface area contributed by atoms with Crippen molar-refractivity contribution in [3.8, 4) is 5.75 Å². The zero-order valence-electron chi connectivity index (χ0n) is 11.6. The van der Waals surface area contributed by atoms with Crippen LogP contribution in [-0.2, 0) is 5.67 Å². The second-order valence-electron chi connectivity index (χ2n) is 5.71. The quantitative estimate of drug-likeness (QED) is 0.908. The van der Waals surface area contributed by atoms with Crippen LogP contribution in [-0.4, -0.2) is 38.2 Å². The van der Waals surface area contributed by atoms with Gasteiger partial charge in [0.2, 0.25) is 0 Å². The van der Waals surface area contributed by atoms with Gasteiger partial charge in [0, 0.05) is 23.7 Å². The number of hydrogen-bond donors (Lipinski definition) is 1. The molecule has 0 unspecified atom stereocenters. The maximum Gasteiger partial charge on any atom is 0.156 e. The second kappa shape index (κ2) is 4.67. The highest BCUT2D eigenvalue weighted by Crippen LogP contribution is 2.44. The summed E-state index contributed by atoms with van der Waals surface area (Å²) in [6, 6.07) is 5.97. The van der Waals surface area contributed by atoms with Crippen LogP contribution in [0.5, 0.6) is 5.75 Å². The lowest BCUT2D eigenvalue weighted by atomic mass is 9.90. The van der Waals surface area contributed by atoms with Gasteiger partial charge in [0.1, 0.15) is 5.75 Å². The molecule has 0 spiro atoms. The molecule has 2 aliphatic heterocycles. The van der Waals surface area contributed by atoms with Gasteiger partial charge in [0.25, 0.3) is 0 Å². The van der Waals surface area contributed by atoms with E-state index in [2.05, 4.69) is 17.3 Å². The normalized spacial score (nSPS) is 30.2. The number of nitrogens with one attached hydrogen (secondary N) is 1. The molecule has 4 heteroatoms. The number of ether oxygens (including phenoxy) is 1. The van der Waals surface area contributed by atoms with Crippen molar-refractivity contribution < 1.29 is 9.13 Å². The van der Waals surface area contributed by atoms with E-state index in [0.717, 1.165) is 30.0 Å². The lowest BCUT2D eigenvalue weighted by molar-refractivity contribution is 0.128. The van der Waals surface area contributed by atoms with Gasteiger partial charge < -0.3 is 15.0 Å². The van der Waals surface area contributed by atoms with E-state index in [4.69, 9.17) is 4.74 Å². The molecule has 19 heavy (non-hydrogen) atoms. The average Bonchev–Trinajstić information content (AvgIpc) is 2.95. The molecule has 0 aliphatic carbocycles. The van der Waals surface area contributed by atoms with Gasteiger partial charge in [-0.05, 0) is 44.6 Å². The third-order valence-electron chi connectivity index (χ3n) is 4.50. The molecule has 0 aromatic heterocycles. The number of methoxy groups -OCH3 is 1. The molecule has 1 fully saturated rings. The molecule has 1 aromatic rings. The number of fused-ring (bicyclic) bond motifs is 1. The van der Waals surface area contributed by atoms with Crippen molar-refractivity contribution in [2.75, 3.05) is 32.6 Å². The van der Waals surface area contributed by atoms with Crippen LogP contribution in [0.3, 0.4) is 0 Å². The van der Waals surface area contributed by atoms with Crippen LogP contribution < -0.4 is 10.1 Å². The summed E-state index contributed by atoms with van der Waals surface area (Å²) in [5.41, 5.74) is 0.392. The van der Waals surface area contributed by atoms with Crippen molar-refractivity contribution in [1.29, 1.82) is 0 Å². The fraction of sp³-hybridized carbons (Fsp3) is 0.600. The fourth-order valence-electron chi connectivity index (χ4n) is 3.30. The summed E-state index contributed by atoms with van der Waals surface area (Å²) in [6.45, 7) is 1.46. The predicted molar refractivity (Wildman–Crippen MR) is 74.5 cm³/mol. The Kier molecular flexibility index (Phi) is 3.13. The van der Waals surface area contributed by atoms with Gasteiger partial charge in [-0.25, -0.2) is 4.39 Å². The van der Waals surface area contributed by atoms with Crippen LogP contribution in [0.25, 0.3) is 0 Å². The van der Waals surface area contributed by atoms with E-state index in [1.54, 1.807) is 7.11 Å². The van der Waals surface area contributed by atoms with Gasteiger partial charge in [-0.1, -0.05) is 0 Å². The van der Waals surface area contributed by atoms with Crippen LogP contribution in [0.1, 0.15) is 24.8 Å². The summed E-state index contributed by atoms with van der Waals surface area (Å²) in [5, 5.41) is 3.18. The van der Waals surface area contributed by atoms with E-state index in [-0.39, 0.29) is 0 Å². The Hall–Kier alpha value is -1.29. The molecule has 2 atom stereocenters. The van der Waals surface area contributed by atoms with Crippen molar-refractivity contribution in [2.45, 2.75) is 31.0 Å². The average molecular weight is 264 g/mol. The molecular weight excluding hydrogens is 243 g/mol. The van der Waals surface area contributed by atoms with Gasteiger partial charge in [0.05, 0.1) is 13.7 Å². The Balaban J connectivity index is 1.86. The van der Waals surface area contributed by atoms with E-state index in [1.165, 1.54) is 6.42 Å². The minimum atomic E-state index is -1.27. The number of halogens is 1. The lowest BCUT2D eigenvalue weighted by Gasteiger charge is -2.27. The predicted octanol–water partition coefficient (Wildman–Crippen LogP) is 2.77. The molecule has 0 radical (unpaired) electrons. The van der Waals surface area contributed by atoms with Gasteiger partial charge >= 0.3 is 0 Å². The van der Waals surface area contributed by atoms with Crippen LogP contribution in [0.2, 0.25) is 0 Å². The minimum absolute atomic E-state index is 0.351. The minimum Gasteiger partial charge on any atom is -0.497 e. The third kappa shape index (κ3) is 2.18. The zero-order chi connectivity index (χ0) is 13.5. The summed E-state index contributed by atoms with van der Waals surface area (Å²) >= 11 is 0. The van der Waals surface area contributed by atoms with Crippen molar-refractivity contribution in [3.63, 3.8) is 0 Å². The summed E-state index contributed by atoms with van der Waals surface area (Å²) in [5.74, 6) is 0.726. The Labute approximate surface area is 113 Å². The van der Waals surface area contributed by atoms with Gasteiger partial charge in [-0.15, -0.1) is 0 Å². The molecule has 2 aliphatic rings. The summed E-state index contributed by atoms with van der Waals surface area (Å²) in [4.78, 5) is 2.28. The van der Waals surface area contributed by atoms with Crippen molar-refractivity contribution in [1.82, 2.24) is 4.90 Å². The van der Waals surface area contributed by atoms with E-state index in [9.17, 15) is 0 Å². The zero-order valence-corrected chi connectivity index (χ0v) is 11.6. The topological polar surface area (TPSA) is 24.5 Å². The van der Waals surface area contributed by atoms with Crippen LogP contribution in [0.4, 0.5) is 10.1 Å². The van der Waals surface area contributed by atoms with E-state index in [0.29, 0.717) is 19.0 Å². The fourth-order valence-corrected chi connectivity index (χ4v) is 3.30. The molecule has 3 nitrogen and oxygen atoms in total. The smallest absolute Gasteiger partial charge is 0.156 e. The first-order valence-corrected chi connectivity index (χ1v) is 6.94. The molecular formula is C15H21FN2O. The molecule has 3 rings (SSSR count). The molecule has 0 amide bonds. The first kappa shape index (κ1) is 12.7. The number of hydrogen-bond acceptors (Lipinski definition) is 3. The highest BCUT2D eigenvalue weighted by Gasteiger charge is 2.42. The summed E-state index contributed by atoms with van der Waals surface area (Å²) in [7, 11) is 3.71. The molecule has 104 valence electrons. The van der Waals surface area contributed by atoms with Crippen molar-refractivity contribution in [2.24, 2.45) is 0 Å². The van der Waals surface area contributed by atoms with Crippen molar-refractivity contribution in [3.05, 3.63) is 23.8 Å². The second-order valence-corrected chi connectivity index (χ2v) is 5.71. The van der Waals surface area contributed by atoms with E-state index < -0.39 is 5.67 Å². The third-order valence-corrected chi connectivity index (χ3v) is 4.50. The van der Waals surface area contributed by atoms with Gasteiger partial charge in [-0.3, -0.25) is 0 Å². The number of likely N-dealkylation sites (tertiary alicyclic amines) is 1. The molecule has 0 bridgehead atoms.